The molecule has 228 valence electrons. The van der Waals surface area contributed by atoms with Gasteiger partial charge >= 0.3 is 25.7 Å². The molecule has 0 atom stereocenters. The molecular formula is C30H60O6Si3. The Morgan fingerprint density at radius 2 is 0.692 bits per heavy atom. The lowest BCUT2D eigenvalue weighted by Gasteiger charge is -2.60. The molecule has 4 rings (SSSR count). The van der Waals surface area contributed by atoms with E-state index in [2.05, 4.69) is 20.8 Å². The molecule has 3 aliphatic carbocycles. The molecule has 1 aliphatic heterocycles. The van der Waals surface area contributed by atoms with Crippen molar-refractivity contribution in [1.29, 1.82) is 0 Å². The van der Waals surface area contributed by atoms with Crippen LogP contribution in [0.2, 0.25) is 34.8 Å². The zero-order valence-corrected chi connectivity index (χ0v) is 28.7. The largest absolute Gasteiger partial charge is 0.415 e. The summed E-state index contributed by atoms with van der Waals surface area (Å²) in [5, 5.41) is 0. The van der Waals surface area contributed by atoms with Crippen molar-refractivity contribution < 1.29 is 26.6 Å². The van der Waals surface area contributed by atoms with E-state index in [1.165, 1.54) is 96.3 Å². The van der Waals surface area contributed by atoms with Crippen molar-refractivity contribution in [3.8, 4) is 0 Å². The first kappa shape index (κ1) is 32.3. The van der Waals surface area contributed by atoms with Crippen molar-refractivity contribution >= 4 is 25.7 Å². The van der Waals surface area contributed by atoms with Crippen molar-refractivity contribution in [2.24, 2.45) is 0 Å². The van der Waals surface area contributed by atoms with Crippen LogP contribution in [0.5, 0.6) is 0 Å². The van der Waals surface area contributed by atoms with Gasteiger partial charge in [-0.1, -0.05) is 57.8 Å². The van der Waals surface area contributed by atoms with Gasteiger partial charge in [-0.15, -0.1) is 0 Å². The van der Waals surface area contributed by atoms with Crippen LogP contribution in [0, 0.1) is 0 Å². The van der Waals surface area contributed by atoms with E-state index in [0.717, 1.165) is 57.8 Å². The van der Waals surface area contributed by atoms with E-state index < -0.39 is 25.7 Å². The topological polar surface area (TPSA) is 55.4 Å². The fourth-order valence-corrected chi connectivity index (χ4v) is 29.5. The van der Waals surface area contributed by atoms with Crippen molar-refractivity contribution in [2.75, 3.05) is 39.6 Å². The fraction of sp³-hybridized carbons (Fsp3) is 1.00. The predicted molar refractivity (Wildman–Crippen MR) is 165 cm³/mol. The Hall–Kier alpha value is 0.411. The van der Waals surface area contributed by atoms with Crippen LogP contribution in [0.25, 0.3) is 0 Å². The minimum absolute atomic E-state index is 0.570. The predicted octanol–water partition coefficient (Wildman–Crippen LogP) is 8.49. The average Bonchev–Trinajstić information content (AvgIpc) is 2.99. The van der Waals surface area contributed by atoms with E-state index in [4.69, 9.17) is 26.6 Å². The zero-order chi connectivity index (χ0) is 27.4. The third-order valence-electron chi connectivity index (χ3n) is 10.1. The second-order valence-electron chi connectivity index (χ2n) is 12.6. The summed E-state index contributed by atoms with van der Waals surface area (Å²) >= 11 is 0. The first-order valence-electron chi connectivity index (χ1n) is 17.0. The summed E-state index contributed by atoms with van der Waals surface area (Å²) in [4.78, 5) is 0. The molecule has 6 nitrogen and oxygen atoms in total. The molecule has 39 heavy (non-hydrogen) atoms. The standard InChI is InChI=1S/C30H60O6Si3/c1-4-31-22-25-37(28-16-10-7-11-17-28)34-38(26-23-32-5-2,29-18-12-8-13-19-29)36-39(35-37,27-24-33-6-3)30-20-14-9-15-21-30/h28-30H,4-27H2,1-3H3. The van der Waals surface area contributed by atoms with E-state index in [0.29, 0.717) is 16.6 Å². The molecule has 0 aromatic rings. The molecule has 3 saturated carbocycles. The second-order valence-corrected chi connectivity index (χ2v) is 23.9. The van der Waals surface area contributed by atoms with Crippen molar-refractivity contribution in [3.05, 3.63) is 0 Å². The molecule has 0 aromatic heterocycles. The first-order valence-corrected chi connectivity index (χ1v) is 23.3. The van der Waals surface area contributed by atoms with Crippen LogP contribution in [0.1, 0.15) is 117 Å². The highest BCUT2D eigenvalue weighted by Crippen LogP contribution is 2.56. The van der Waals surface area contributed by atoms with Gasteiger partial charge in [0.05, 0.1) is 0 Å². The maximum atomic E-state index is 7.85. The molecule has 1 heterocycles. The summed E-state index contributed by atoms with van der Waals surface area (Å²) in [7, 11) is -7.85. The third kappa shape index (κ3) is 8.28. The van der Waals surface area contributed by atoms with Gasteiger partial charge in [0.25, 0.3) is 0 Å². The van der Waals surface area contributed by atoms with Gasteiger partial charge in [0.2, 0.25) is 0 Å². The summed E-state index contributed by atoms with van der Waals surface area (Å²) in [6.45, 7) is 10.9. The minimum Gasteiger partial charge on any atom is -0.415 e. The quantitative estimate of drug-likeness (QED) is 0.139. The highest BCUT2D eigenvalue weighted by Gasteiger charge is 2.67. The van der Waals surface area contributed by atoms with Crippen molar-refractivity contribution in [2.45, 2.75) is 152 Å². The molecule has 0 radical (unpaired) electrons. The van der Waals surface area contributed by atoms with Crippen LogP contribution in [-0.2, 0) is 26.6 Å². The average molecular weight is 601 g/mol. The van der Waals surface area contributed by atoms with E-state index in [-0.39, 0.29) is 0 Å². The van der Waals surface area contributed by atoms with Gasteiger partial charge in [-0.05, 0) is 59.3 Å². The van der Waals surface area contributed by atoms with Crippen molar-refractivity contribution in [3.63, 3.8) is 0 Å². The molecular weight excluding hydrogens is 541 g/mol. The molecule has 0 unspecified atom stereocenters. The fourth-order valence-electron chi connectivity index (χ4n) is 8.06. The molecule has 4 aliphatic rings. The van der Waals surface area contributed by atoms with Gasteiger partial charge in [-0.3, -0.25) is 0 Å². The highest BCUT2D eigenvalue weighted by molar-refractivity contribution is 6.96. The smallest absolute Gasteiger partial charge is 0.326 e. The second kappa shape index (κ2) is 16.3. The maximum Gasteiger partial charge on any atom is 0.326 e. The number of rotatable bonds is 15. The van der Waals surface area contributed by atoms with E-state index in [9.17, 15) is 0 Å². The van der Waals surface area contributed by atoms with Crippen LogP contribution in [0.3, 0.4) is 0 Å². The molecule has 0 aromatic carbocycles. The lowest BCUT2D eigenvalue weighted by Crippen LogP contribution is -2.74. The van der Waals surface area contributed by atoms with Gasteiger partial charge in [-0.25, -0.2) is 0 Å². The Morgan fingerprint density at radius 1 is 0.436 bits per heavy atom. The Balaban J connectivity index is 1.80. The number of hydrogen-bond donors (Lipinski definition) is 0. The van der Waals surface area contributed by atoms with Crippen LogP contribution in [0.15, 0.2) is 0 Å². The maximum absolute atomic E-state index is 7.85. The molecule has 0 spiro atoms. The molecule has 1 saturated heterocycles. The molecule has 4 fully saturated rings. The summed E-state index contributed by atoms with van der Waals surface area (Å²) in [6, 6.07) is 2.92. The normalized spacial score (nSPS) is 33.9. The molecule has 9 heteroatoms. The summed E-state index contributed by atoms with van der Waals surface area (Å²) in [5.74, 6) is 0. The SMILES string of the molecule is CCOCC[Si]1(C2CCCCC2)O[Si](CCOCC)(C2CCCCC2)O[Si](CCOCC)(C2CCCCC2)O1. The Morgan fingerprint density at radius 3 is 0.923 bits per heavy atom. The van der Waals surface area contributed by atoms with Crippen LogP contribution in [0.4, 0.5) is 0 Å². The lowest BCUT2D eigenvalue weighted by molar-refractivity contribution is 0.115. The van der Waals surface area contributed by atoms with Gasteiger partial charge < -0.3 is 26.6 Å². The summed E-state index contributed by atoms with van der Waals surface area (Å²) in [6.07, 6.45) is 19.5. The van der Waals surface area contributed by atoms with Crippen LogP contribution < -0.4 is 0 Å². The monoisotopic (exact) mass is 600 g/mol. The Bertz CT molecular complexity index is 583. The van der Waals surface area contributed by atoms with Crippen molar-refractivity contribution in [1.82, 2.24) is 0 Å². The molecule has 0 N–H and O–H groups in total. The summed E-state index contributed by atoms with van der Waals surface area (Å²) in [5.41, 5.74) is 1.71. The zero-order valence-electron chi connectivity index (χ0n) is 25.7. The first-order chi connectivity index (χ1) is 19.1. The molecule has 0 bridgehead atoms. The minimum atomic E-state index is -2.62. The van der Waals surface area contributed by atoms with Gasteiger partial charge in [0, 0.05) is 74.4 Å². The van der Waals surface area contributed by atoms with E-state index in [1.807, 2.05) is 0 Å². The number of hydrogen-bond acceptors (Lipinski definition) is 6. The summed E-state index contributed by atoms with van der Waals surface area (Å²) < 4.78 is 41.8. The van der Waals surface area contributed by atoms with Gasteiger partial charge in [0.1, 0.15) is 0 Å². The third-order valence-corrected chi connectivity index (χ3v) is 26.6. The number of ether oxygens (including phenoxy) is 3. The van der Waals surface area contributed by atoms with E-state index in [1.54, 1.807) is 0 Å². The van der Waals surface area contributed by atoms with Gasteiger partial charge in [0.15, 0.2) is 0 Å². The lowest BCUT2D eigenvalue weighted by atomic mass is 10.0. The van der Waals surface area contributed by atoms with E-state index >= 15 is 0 Å². The molecule has 0 amide bonds. The Labute approximate surface area is 243 Å². The van der Waals surface area contributed by atoms with Gasteiger partial charge in [-0.2, -0.15) is 0 Å². The Kier molecular flexibility index (Phi) is 13.5. The highest BCUT2D eigenvalue weighted by atomic mass is 28.5. The van der Waals surface area contributed by atoms with Crippen LogP contribution in [-0.4, -0.2) is 65.3 Å². The van der Waals surface area contributed by atoms with Crippen LogP contribution >= 0.6 is 0 Å².